The maximum Gasteiger partial charge on any atom is 0.203 e. The van der Waals surface area contributed by atoms with Crippen molar-refractivity contribution in [3.8, 4) is 11.4 Å². The molecule has 3 aromatic rings. The van der Waals surface area contributed by atoms with Crippen molar-refractivity contribution in [1.29, 1.82) is 0 Å². The monoisotopic (exact) mass is 384 g/mol. The molecule has 1 aliphatic heterocycles. The lowest BCUT2D eigenvalue weighted by atomic mass is 9.92. The second-order valence-electron chi connectivity index (χ2n) is 7.58. The second kappa shape index (κ2) is 7.20. The van der Waals surface area contributed by atoms with Gasteiger partial charge in [-0.15, -0.1) is 20.4 Å². The van der Waals surface area contributed by atoms with E-state index in [2.05, 4.69) is 85.1 Å². The van der Waals surface area contributed by atoms with Gasteiger partial charge in [0.1, 0.15) is 0 Å². The van der Waals surface area contributed by atoms with Crippen LogP contribution in [0.15, 0.2) is 46.9 Å². The zero-order valence-corrected chi connectivity index (χ0v) is 17.6. The van der Waals surface area contributed by atoms with Crippen LogP contribution in [0.3, 0.4) is 0 Å². The maximum atomic E-state index is 4.93. The fourth-order valence-electron chi connectivity index (χ4n) is 4.10. The summed E-state index contributed by atoms with van der Waals surface area (Å²) in [4.78, 5) is 8.41. The van der Waals surface area contributed by atoms with Gasteiger partial charge in [-0.25, -0.2) is 0 Å². The summed E-state index contributed by atoms with van der Waals surface area (Å²) in [7, 11) is 0. The average molecular weight is 384 g/mol. The summed E-state index contributed by atoms with van der Waals surface area (Å²) >= 11 is 0. The first kappa shape index (κ1) is 18.9. The molecule has 0 unspecified atom stereocenters. The van der Waals surface area contributed by atoms with E-state index in [1.807, 2.05) is 6.07 Å². The van der Waals surface area contributed by atoms with E-state index in [0.717, 1.165) is 33.9 Å². The van der Waals surface area contributed by atoms with E-state index in [1.54, 1.807) is 0 Å². The lowest BCUT2D eigenvalue weighted by Crippen LogP contribution is -1.99. The van der Waals surface area contributed by atoms with Gasteiger partial charge >= 0.3 is 0 Å². The number of benzene rings is 1. The van der Waals surface area contributed by atoms with Gasteiger partial charge in [-0.1, -0.05) is 12.1 Å². The molecule has 3 heterocycles. The molecule has 146 valence electrons. The summed E-state index contributed by atoms with van der Waals surface area (Å²) < 4.78 is 0. The lowest BCUT2D eigenvalue weighted by Gasteiger charge is -2.11. The Bertz CT molecular complexity index is 1200. The number of nitrogens with one attached hydrogen (secondary N) is 1. The number of aromatic amines is 1. The fourth-order valence-corrected chi connectivity index (χ4v) is 4.10. The number of aliphatic imine (C=N–C) groups is 1. The highest BCUT2D eigenvalue weighted by Gasteiger charge is 2.23. The third kappa shape index (κ3) is 3.31. The Morgan fingerprint density at radius 2 is 1.62 bits per heavy atom. The Balaban J connectivity index is 1.80. The number of H-pyrrole nitrogens is 1. The minimum absolute atomic E-state index is 0.527. The number of nitrogens with zero attached hydrogens (tertiary/aromatic N) is 5. The van der Waals surface area contributed by atoms with Crippen molar-refractivity contribution in [3.05, 3.63) is 69.9 Å². The predicted octanol–water partition coefficient (Wildman–Crippen LogP) is 4.87. The first-order valence-corrected chi connectivity index (χ1v) is 9.63. The van der Waals surface area contributed by atoms with Crippen molar-refractivity contribution in [3.63, 3.8) is 0 Å². The van der Waals surface area contributed by atoms with Crippen LogP contribution in [0.25, 0.3) is 22.5 Å². The van der Waals surface area contributed by atoms with E-state index in [1.165, 1.54) is 34.2 Å². The van der Waals surface area contributed by atoms with Gasteiger partial charge in [0.25, 0.3) is 0 Å². The molecule has 0 fully saturated rings. The van der Waals surface area contributed by atoms with Gasteiger partial charge in [0.05, 0.1) is 5.70 Å². The predicted molar refractivity (Wildman–Crippen MR) is 116 cm³/mol. The summed E-state index contributed by atoms with van der Waals surface area (Å²) in [5.41, 5.74) is 12.4. The molecule has 0 aliphatic carbocycles. The quantitative estimate of drug-likeness (QED) is 0.699. The molecular weight excluding hydrogens is 360 g/mol. The number of hydrogen-bond donors (Lipinski definition) is 1. The lowest BCUT2D eigenvalue weighted by molar-refractivity contribution is 0.864. The van der Waals surface area contributed by atoms with E-state index in [4.69, 9.17) is 4.99 Å². The van der Waals surface area contributed by atoms with Crippen molar-refractivity contribution in [2.75, 3.05) is 0 Å². The van der Waals surface area contributed by atoms with E-state index in [0.29, 0.717) is 5.82 Å². The van der Waals surface area contributed by atoms with Crippen LogP contribution >= 0.6 is 0 Å². The van der Waals surface area contributed by atoms with Crippen molar-refractivity contribution < 1.29 is 0 Å². The van der Waals surface area contributed by atoms with Crippen LogP contribution in [-0.2, 0) is 0 Å². The van der Waals surface area contributed by atoms with E-state index >= 15 is 0 Å². The second-order valence-corrected chi connectivity index (χ2v) is 7.58. The summed E-state index contributed by atoms with van der Waals surface area (Å²) in [5, 5.41) is 15.8. The summed E-state index contributed by atoms with van der Waals surface area (Å²) in [5.74, 6) is 0.527. The molecule has 6 heteroatoms. The Kier molecular flexibility index (Phi) is 4.70. The van der Waals surface area contributed by atoms with Crippen LogP contribution in [-0.4, -0.2) is 31.1 Å². The molecule has 1 N–H and O–H groups in total. The first-order chi connectivity index (χ1) is 13.9. The van der Waals surface area contributed by atoms with Gasteiger partial charge in [0.2, 0.25) is 5.82 Å². The molecule has 4 rings (SSSR count). The van der Waals surface area contributed by atoms with E-state index in [9.17, 15) is 0 Å². The first-order valence-electron chi connectivity index (χ1n) is 9.63. The van der Waals surface area contributed by atoms with E-state index < -0.39 is 0 Å². The molecule has 1 aliphatic rings. The van der Waals surface area contributed by atoms with Crippen LogP contribution < -0.4 is 0 Å². The average Bonchev–Trinajstić information content (AvgIpc) is 3.20. The van der Waals surface area contributed by atoms with Gasteiger partial charge in [-0.05, 0) is 81.5 Å². The Hall–Kier alpha value is -3.41. The van der Waals surface area contributed by atoms with Crippen molar-refractivity contribution in [2.45, 2.75) is 41.5 Å². The summed E-state index contributed by atoms with van der Waals surface area (Å²) in [6.45, 7) is 12.7. The molecule has 29 heavy (non-hydrogen) atoms. The van der Waals surface area contributed by atoms with Gasteiger partial charge in [-0.3, -0.25) is 4.99 Å². The number of rotatable bonds is 3. The third-order valence-corrected chi connectivity index (χ3v) is 5.41. The van der Waals surface area contributed by atoms with Crippen LogP contribution in [0.5, 0.6) is 0 Å². The topological polar surface area (TPSA) is 79.7 Å². The largest absolute Gasteiger partial charge is 0.359 e. The Morgan fingerprint density at radius 3 is 2.24 bits per heavy atom. The number of hydrogen-bond acceptors (Lipinski definition) is 5. The summed E-state index contributed by atoms with van der Waals surface area (Å²) in [6, 6.07) is 8.38. The van der Waals surface area contributed by atoms with Crippen LogP contribution in [0.2, 0.25) is 0 Å². The molecule has 0 amide bonds. The Labute approximate surface area is 170 Å². The summed E-state index contributed by atoms with van der Waals surface area (Å²) in [6.07, 6.45) is 1.33. The SMILES string of the molecule is CC1=N/C(=C(\C)c2[nH]c(C)cc2C)C(C)=C1c1ccc(-c2nncnn2)cc1C. The highest BCUT2D eigenvalue weighted by Crippen LogP contribution is 2.38. The number of aryl methyl sites for hydroxylation is 3. The van der Waals surface area contributed by atoms with Crippen LogP contribution in [0.1, 0.15) is 48.8 Å². The number of allylic oxidation sites excluding steroid dienone is 3. The van der Waals surface area contributed by atoms with Crippen molar-refractivity contribution in [1.82, 2.24) is 25.4 Å². The van der Waals surface area contributed by atoms with Gasteiger partial charge in [0, 0.05) is 28.2 Å². The normalized spacial score (nSPS) is 15.7. The van der Waals surface area contributed by atoms with Crippen molar-refractivity contribution >= 4 is 16.9 Å². The highest BCUT2D eigenvalue weighted by atomic mass is 15.3. The van der Waals surface area contributed by atoms with Gasteiger partial charge < -0.3 is 4.98 Å². The van der Waals surface area contributed by atoms with Crippen LogP contribution in [0.4, 0.5) is 0 Å². The fraction of sp³-hybridized carbons (Fsp3) is 0.261. The third-order valence-electron chi connectivity index (χ3n) is 5.41. The Morgan fingerprint density at radius 1 is 0.897 bits per heavy atom. The zero-order valence-electron chi connectivity index (χ0n) is 17.6. The molecule has 6 nitrogen and oxygen atoms in total. The standard InChI is InChI=1S/C23H24N6/c1-12-10-18(23-28-24-11-25-29-23)7-8-19(12)20-15(4)22(27-17(20)6)16(5)21-13(2)9-14(3)26-21/h7-11,26H,1-6H3/b22-16+. The molecule has 0 bridgehead atoms. The molecule has 0 radical (unpaired) electrons. The smallest absolute Gasteiger partial charge is 0.203 e. The molecule has 0 atom stereocenters. The van der Waals surface area contributed by atoms with Crippen molar-refractivity contribution in [2.24, 2.45) is 4.99 Å². The molecule has 0 saturated carbocycles. The zero-order chi connectivity index (χ0) is 20.7. The maximum absolute atomic E-state index is 4.93. The van der Waals surface area contributed by atoms with Crippen LogP contribution in [0, 0.1) is 20.8 Å². The van der Waals surface area contributed by atoms with E-state index in [-0.39, 0.29) is 0 Å². The molecule has 2 aromatic heterocycles. The minimum Gasteiger partial charge on any atom is -0.359 e. The molecular formula is C23H24N6. The molecule has 1 aromatic carbocycles. The highest BCUT2D eigenvalue weighted by molar-refractivity contribution is 6.27. The molecule has 0 saturated heterocycles. The van der Waals surface area contributed by atoms with Gasteiger partial charge in [-0.2, -0.15) is 0 Å². The molecule has 0 spiro atoms. The minimum atomic E-state index is 0.527. The van der Waals surface area contributed by atoms with Gasteiger partial charge in [0.15, 0.2) is 6.33 Å². The number of aromatic nitrogens is 5.